The summed E-state index contributed by atoms with van der Waals surface area (Å²) >= 11 is 0. The van der Waals surface area contributed by atoms with Crippen LogP contribution >= 0.6 is 0 Å². The molecule has 3 amide bonds. The third-order valence-corrected chi connectivity index (χ3v) is 4.32. The van der Waals surface area contributed by atoms with Crippen molar-refractivity contribution in [3.63, 3.8) is 0 Å². The summed E-state index contributed by atoms with van der Waals surface area (Å²) in [5.41, 5.74) is -1.06. The molecule has 1 aliphatic rings. The van der Waals surface area contributed by atoms with Crippen molar-refractivity contribution in [3.8, 4) is 0 Å². The molecule has 0 aliphatic carbocycles. The third-order valence-electron chi connectivity index (χ3n) is 4.32. The number of hydrogen-bond acceptors (Lipinski definition) is 7. The van der Waals surface area contributed by atoms with E-state index < -0.39 is 42.3 Å². The van der Waals surface area contributed by atoms with Gasteiger partial charge in [-0.15, -0.1) is 5.10 Å². The normalized spacial score (nSPS) is 19.7. The molecule has 10 nitrogen and oxygen atoms in total. The van der Waals surface area contributed by atoms with Crippen LogP contribution in [-0.2, 0) is 21.1 Å². The maximum Gasteiger partial charge on any atom is 0.328 e. The third kappa shape index (κ3) is 3.01. The Morgan fingerprint density at radius 1 is 1.27 bits per heavy atom. The first-order valence-corrected chi connectivity index (χ1v) is 7.98. The van der Waals surface area contributed by atoms with Crippen molar-refractivity contribution in [2.24, 2.45) is 0 Å². The number of imide groups is 1. The van der Waals surface area contributed by atoms with Gasteiger partial charge < -0.3 is 10.1 Å². The maximum absolute atomic E-state index is 12.3. The van der Waals surface area contributed by atoms with E-state index >= 15 is 0 Å². The number of benzene rings is 1. The molecule has 1 aromatic carbocycles. The summed E-state index contributed by atoms with van der Waals surface area (Å²) in [5.74, 6) is -1.33. The SMILES string of the molecule is CC[C@]1(C)NC(=O)N(CC(=O)OCn2nnc3ccccc3c2=O)C1=O. The molecule has 2 aromatic rings. The van der Waals surface area contributed by atoms with E-state index in [0.717, 1.165) is 9.58 Å². The van der Waals surface area contributed by atoms with Crippen LogP contribution in [0.4, 0.5) is 4.79 Å². The Labute approximate surface area is 147 Å². The van der Waals surface area contributed by atoms with E-state index in [1.54, 1.807) is 38.1 Å². The fraction of sp³-hybridized carbons (Fsp3) is 0.375. The van der Waals surface area contributed by atoms with Crippen LogP contribution < -0.4 is 10.9 Å². The first-order valence-electron chi connectivity index (χ1n) is 7.98. The topological polar surface area (TPSA) is 123 Å². The predicted molar refractivity (Wildman–Crippen MR) is 88.8 cm³/mol. The van der Waals surface area contributed by atoms with E-state index in [9.17, 15) is 19.2 Å². The van der Waals surface area contributed by atoms with E-state index in [-0.39, 0.29) is 0 Å². The first-order chi connectivity index (χ1) is 12.4. The van der Waals surface area contributed by atoms with Crippen molar-refractivity contribution in [3.05, 3.63) is 34.6 Å². The lowest BCUT2D eigenvalue weighted by atomic mass is 9.99. The van der Waals surface area contributed by atoms with Gasteiger partial charge in [0.2, 0.25) is 0 Å². The van der Waals surface area contributed by atoms with Crippen molar-refractivity contribution in [1.29, 1.82) is 0 Å². The van der Waals surface area contributed by atoms with Gasteiger partial charge in [0.15, 0.2) is 6.73 Å². The predicted octanol–water partition coefficient (Wildman–Crippen LogP) is 0.0127. The molecule has 1 aromatic heterocycles. The minimum Gasteiger partial charge on any atom is -0.441 e. The molecule has 1 saturated heterocycles. The molecule has 0 radical (unpaired) electrons. The summed E-state index contributed by atoms with van der Waals surface area (Å²) in [6.07, 6.45) is 0.394. The molecule has 10 heteroatoms. The van der Waals surface area contributed by atoms with Crippen molar-refractivity contribution < 1.29 is 19.1 Å². The Morgan fingerprint density at radius 2 is 2.00 bits per heavy atom. The number of ether oxygens (including phenoxy) is 1. The number of esters is 1. The van der Waals surface area contributed by atoms with Crippen LogP contribution in [0.1, 0.15) is 20.3 Å². The maximum atomic E-state index is 12.3. The molecule has 1 aliphatic heterocycles. The Morgan fingerprint density at radius 3 is 2.69 bits per heavy atom. The standard InChI is InChI=1S/C16H17N5O5/c1-3-16(2)14(24)20(15(25)17-16)8-12(22)26-9-21-13(23)10-6-4-5-7-11(10)18-19-21/h4-7H,3,8-9H2,1-2H3,(H,17,25)/t16-/m0/s1. The average Bonchev–Trinajstić information content (AvgIpc) is 2.85. The van der Waals surface area contributed by atoms with Crippen LogP contribution in [0.25, 0.3) is 10.9 Å². The van der Waals surface area contributed by atoms with E-state index in [4.69, 9.17) is 4.74 Å². The number of aromatic nitrogens is 3. The lowest BCUT2D eigenvalue weighted by Crippen LogP contribution is -2.43. The second-order valence-corrected chi connectivity index (χ2v) is 6.06. The van der Waals surface area contributed by atoms with Crippen LogP contribution in [0.3, 0.4) is 0 Å². The minimum atomic E-state index is -1.03. The number of nitrogens with one attached hydrogen (secondary N) is 1. The molecule has 3 rings (SSSR count). The lowest BCUT2D eigenvalue weighted by Gasteiger charge is -2.18. The van der Waals surface area contributed by atoms with Gasteiger partial charge in [0.05, 0.1) is 5.39 Å². The number of hydrogen-bond donors (Lipinski definition) is 1. The molecule has 1 fully saturated rings. The number of carbonyl (C=O) groups is 3. The largest absolute Gasteiger partial charge is 0.441 e. The zero-order valence-electron chi connectivity index (χ0n) is 14.3. The van der Waals surface area contributed by atoms with E-state index in [1.807, 2.05) is 0 Å². The molecule has 1 atom stereocenters. The highest BCUT2D eigenvalue weighted by molar-refractivity contribution is 6.08. The van der Waals surface area contributed by atoms with Crippen LogP contribution in [0.15, 0.2) is 29.1 Å². The van der Waals surface area contributed by atoms with Gasteiger partial charge >= 0.3 is 12.0 Å². The highest BCUT2D eigenvalue weighted by Gasteiger charge is 2.47. The second kappa shape index (κ2) is 6.54. The van der Waals surface area contributed by atoms with Crippen molar-refractivity contribution >= 4 is 28.8 Å². The molecule has 2 heterocycles. The Hall–Kier alpha value is -3.30. The number of amides is 3. The first kappa shape index (κ1) is 17.5. The van der Waals surface area contributed by atoms with Crippen LogP contribution in [0.5, 0.6) is 0 Å². The summed E-state index contributed by atoms with van der Waals surface area (Å²) in [6.45, 7) is 2.33. The van der Waals surface area contributed by atoms with Gasteiger partial charge in [0, 0.05) is 0 Å². The fourth-order valence-corrected chi connectivity index (χ4v) is 2.55. The van der Waals surface area contributed by atoms with Crippen molar-refractivity contribution in [2.45, 2.75) is 32.5 Å². The zero-order chi connectivity index (χ0) is 18.9. The second-order valence-electron chi connectivity index (χ2n) is 6.06. The average molecular weight is 359 g/mol. The molecule has 0 spiro atoms. The van der Waals surface area contributed by atoms with E-state index in [1.165, 1.54) is 0 Å². The molecule has 0 bridgehead atoms. The molecule has 0 unspecified atom stereocenters. The molecule has 26 heavy (non-hydrogen) atoms. The summed E-state index contributed by atoms with van der Waals surface area (Å²) in [5, 5.41) is 10.4. The molecule has 0 saturated carbocycles. The van der Waals surface area contributed by atoms with E-state index in [0.29, 0.717) is 17.3 Å². The summed E-state index contributed by atoms with van der Waals surface area (Å²) < 4.78 is 5.86. The number of carbonyl (C=O) groups excluding carboxylic acids is 3. The van der Waals surface area contributed by atoms with Gasteiger partial charge in [-0.2, -0.15) is 4.68 Å². The van der Waals surface area contributed by atoms with Gasteiger partial charge in [-0.1, -0.05) is 24.3 Å². The van der Waals surface area contributed by atoms with Gasteiger partial charge in [-0.3, -0.25) is 19.3 Å². The Bertz CT molecular complexity index is 955. The van der Waals surface area contributed by atoms with Crippen LogP contribution in [0.2, 0.25) is 0 Å². The lowest BCUT2D eigenvalue weighted by molar-refractivity contribution is -0.151. The molecule has 1 N–H and O–H groups in total. The number of nitrogens with zero attached hydrogens (tertiary/aromatic N) is 4. The van der Waals surface area contributed by atoms with E-state index in [2.05, 4.69) is 15.6 Å². The molecule has 136 valence electrons. The molecular formula is C16H17N5O5. The van der Waals surface area contributed by atoms with Gasteiger partial charge in [0.25, 0.3) is 11.5 Å². The van der Waals surface area contributed by atoms with Gasteiger partial charge in [-0.25, -0.2) is 4.79 Å². The fourth-order valence-electron chi connectivity index (χ4n) is 2.55. The quantitative estimate of drug-likeness (QED) is 0.589. The van der Waals surface area contributed by atoms with Crippen LogP contribution in [-0.4, -0.2) is 49.9 Å². The smallest absolute Gasteiger partial charge is 0.328 e. The highest BCUT2D eigenvalue weighted by atomic mass is 16.5. The summed E-state index contributed by atoms with van der Waals surface area (Å²) in [4.78, 5) is 49.1. The highest BCUT2D eigenvalue weighted by Crippen LogP contribution is 2.20. The zero-order valence-corrected chi connectivity index (χ0v) is 14.3. The Kier molecular flexibility index (Phi) is 4.41. The number of fused-ring (bicyclic) bond motifs is 1. The van der Waals surface area contributed by atoms with Crippen molar-refractivity contribution in [1.82, 2.24) is 25.2 Å². The minimum absolute atomic E-state index is 0.339. The number of rotatable bonds is 5. The summed E-state index contributed by atoms with van der Waals surface area (Å²) in [7, 11) is 0. The van der Waals surface area contributed by atoms with Crippen molar-refractivity contribution in [2.75, 3.05) is 6.54 Å². The number of urea groups is 1. The van der Waals surface area contributed by atoms with Crippen LogP contribution in [0, 0.1) is 0 Å². The molecular weight excluding hydrogens is 342 g/mol. The monoisotopic (exact) mass is 359 g/mol. The summed E-state index contributed by atoms with van der Waals surface area (Å²) in [6, 6.07) is 5.98. The van der Waals surface area contributed by atoms with Gasteiger partial charge in [-0.05, 0) is 25.5 Å². The van der Waals surface area contributed by atoms with Gasteiger partial charge in [0.1, 0.15) is 17.6 Å². The Balaban J connectivity index is 1.67.